The number of sulfonamides is 1. The molecular formula is C17H22N4O3S. The largest absolute Gasteiger partial charge is 0.293 e. The molecule has 0 spiro atoms. The Hall–Kier alpha value is -2.22. The number of carbonyl (C=O) groups excluding carboxylic acids is 1. The van der Waals surface area contributed by atoms with Crippen LogP contribution in [0.1, 0.15) is 61.1 Å². The first-order valence-electron chi connectivity index (χ1n) is 8.44. The van der Waals surface area contributed by atoms with Crippen molar-refractivity contribution in [1.29, 1.82) is 0 Å². The number of ketones is 1. The lowest BCUT2D eigenvalue weighted by Crippen LogP contribution is -2.21. The van der Waals surface area contributed by atoms with Crippen molar-refractivity contribution in [3.05, 3.63) is 35.5 Å². The lowest BCUT2D eigenvalue weighted by Gasteiger charge is -2.23. The Morgan fingerprint density at radius 1 is 1.16 bits per heavy atom. The van der Waals surface area contributed by atoms with Gasteiger partial charge >= 0.3 is 0 Å². The van der Waals surface area contributed by atoms with Gasteiger partial charge in [0.25, 0.3) is 10.0 Å². The van der Waals surface area contributed by atoms with Gasteiger partial charge in [-0.15, -0.1) is 5.10 Å². The number of carbonyl (C=O) groups is 1. The van der Waals surface area contributed by atoms with E-state index in [0.717, 1.165) is 37.7 Å². The average Bonchev–Trinajstić information content (AvgIpc) is 2.99. The summed E-state index contributed by atoms with van der Waals surface area (Å²) in [5.41, 5.74) is 1.03. The molecule has 1 aliphatic rings. The van der Waals surface area contributed by atoms with Gasteiger partial charge in [-0.2, -0.15) is 0 Å². The summed E-state index contributed by atoms with van der Waals surface area (Å²) in [5.74, 6) is -0.149. The normalized spacial score (nSPS) is 15.9. The smallest absolute Gasteiger partial charge is 0.263 e. The molecule has 0 radical (unpaired) electrons. The van der Waals surface area contributed by atoms with Crippen molar-refractivity contribution in [3.63, 3.8) is 0 Å². The molecule has 0 unspecified atom stereocenters. The maximum atomic E-state index is 12.7. The minimum atomic E-state index is -3.82. The number of aryl methyl sites for hydroxylation is 1. The van der Waals surface area contributed by atoms with Crippen LogP contribution in [0.4, 0.5) is 5.82 Å². The third-order valence-corrected chi connectivity index (χ3v) is 5.87. The number of hydrogen-bond acceptors (Lipinski definition) is 5. The molecule has 3 rings (SSSR count). The van der Waals surface area contributed by atoms with E-state index in [4.69, 9.17) is 0 Å². The lowest BCUT2D eigenvalue weighted by atomic mass is 9.95. The Bertz CT molecular complexity index is 866. The van der Waals surface area contributed by atoms with Gasteiger partial charge in [-0.3, -0.25) is 9.52 Å². The van der Waals surface area contributed by atoms with Gasteiger partial charge in [-0.1, -0.05) is 42.2 Å². The minimum Gasteiger partial charge on any atom is -0.293 e. The highest BCUT2D eigenvalue weighted by Gasteiger charge is 2.27. The summed E-state index contributed by atoms with van der Waals surface area (Å²) >= 11 is 0. The van der Waals surface area contributed by atoms with E-state index in [1.165, 1.54) is 6.92 Å². The fraction of sp³-hybridized carbons (Fsp3) is 0.471. The van der Waals surface area contributed by atoms with E-state index in [1.807, 2.05) is 6.92 Å². The molecule has 1 saturated carbocycles. The van der Waals surface area contributed by atoms with E-state index in [0.29, 0.717) is 0 Å². The summed E-state index contributed by atoms with van der Waals surface area (Å²) in [5, 5.41) is 7.99. The van der Waals surface area contributed by atoms with Crippen LogP contribution in [-0.2, 0) is 10.0 Å². The van der Waals surface area contributed by atoms with Gasteiger partial charge in [-0.25, -0.2) is 13.1 Å². The summed E-state index contributed by atoms with van der Waals surface area (Å²) in [4.78, 5) is 12.0. The molecular weight excluding hydrogens is 340 g/mol. The van der Waals surface area contributed by atoms with Crippen LogP contribution in [0.5, 0.6) is 0 Å². The topological polar surface area (TPSA) is 93.9 Å². The standard InChI is InChI=1S/C17H22N4O3S/c1-12-8-10-15(11-9-12)25(23,24)19-17-16(13(2)22)18-20-21(17)14-6-4-3-5-7-14/h8-11,14,19H,3-7H2,1-2H3. The van der Waals surface area contributed by atoms with Gasteiger partial charge in [0.15, 0.2) is 17.3 Å². The average molecular weight is 362 g/mol. The molecule has 1 aliphatic carbocycles. The summed E-state index contributed by atoms with van der Waals surface area (Å²) < 4.78 is 29.6. The van der Waals surface area contributed by atoms with Gasteiger partial charge in [0, 0.05) is 6.92 Å². The number of anilines is 1. The molecule has 8 heteroatoms. The fourth-order valence-electron chi connectivity index (χ4n) is 3.11. The van der Waals surface area contributed by atoms with Crippen LogP contribution in [0.3, 0.4) is 0 Å². The monoisotopic (exact) mass is 362 g/mol. The maximum Gasteiger partial charge on any atom is 0.263 e. The van der Waals surface area contributed by atoms with Crippen molar-refractivity contribution in [2.24, 2.45) is 0 Å². The second-order valence-corrected chi connectivity index (χ2v) is 8.18. The molecule has 2 aromatic rings. The second-order valence-electron chi connectivity index (χ2n) is 6.50. The van der Waals surface area contributed by atoms with Crippen LogP contribution in [0, 0.1) is 6.92 Å². The summed E-state index contributed by atoms with van der Waals surface area (Å²) in [6.45, 7) is 3.25. The Morgan fingerprint density at radius 3 is 2.40 bits per heavy atom. The number of hydrogen-bond donors (Lipinski definition) is 1. The molecule has 1 aromatic heterocycles. The van der Waals surface area contributed by atoms with E-state index >= 15 is 0 Å². The van der Waals surface area contributed by atoms with E-state index in [9.17, 15) is 13.2 Å². The van der Waals surface area contributed by atoms with Gasteiger partial charge < -0.3 is 0 Å². The van der Waals surface area contributed by atoms with Gasteiger partial charge in [0.2, 0.25) is 0 Å². The lowest BCUT2D eigenvalue weighted by molar-refractivity contribution is 0.101. The minimum absolute atomic E-state index is 0.0567. The first-order chi connectivity index (χ1) is 11.9. The first-order valence-corrected chi connectivity index (χ1v) is 9.92. The molecule has 134 valence electrons. The van der Waals surface area contributed by atoms with Crippen LogP contribution in [0.2, 0.25) is 0 Å². The maximum absolute atomic E-state index is 12.7. The number of aromatic nitrogens is 3. The van der Waals surface area contributed by atoms with Crippen molar-refractivity contribution in [2.75, 3.05) is 4.72 Å². The SMILES string of the molecule is CC(=O)c1nnn(C2CCCCC2)c1NS(=O)(=O)c1ccc(C)cc1. The second kappa shape index (κ2) is 6.95. The number of nitrogens with one attached hydrogen (secondary N) is 1. The predicted molar refractivity (Wildman–Crippen MR) is 94.1 cm³/mol. The van der Waals surface area contributed by atoms with E-state index in [2.05, 4.69) is 15.0 Å². The van der Waals surface area contributed by atoms with Crippen LogP contribution < -0.4 is 4.72 Å². The molecule has 1 N–H and O–H groups in total. The Morgan fingerprint density at radius 2 is 1.80 bits per heavy atom. The van der Waals surface area contributed by atoms with Crippen molar-refractivity contribution in [1.82, 2.24) is 15.0 Å². The van der Waals surface area contributed by atoms with Crippen molar-refractivity contribution < 1.29 is 13.2 Å². The molecule has 0 atom stereocenters. The fourth-order valence-corrected chi connectivity index (χ4v) is 4.17. The van der Waals surface area contributed by atoms with E-state index < -0.39 is 10.0 Å². The highest BCUT2D eigenvalue weighted by atomic mass is 32.2. The van der Waals surface area contributed by atoms with Crippen LogP contribution >= 0.6 is 0 Å². The van der Waals surface area contributed by atoms with E-state index in [1.54, 1.807) is 28.9 Å². The summed E-state index contributed by atoms with van der Waals surface area (Å²) in [6, 6.07) is 6.61. The highest BCUT2D eigenvalue weighted by molar-refractivity contribution is 7.92. The molecule has 0 amide bonds. The molecule has 7 nitrogen and oxygen atoms in total. The van der Waals surface area contributed by atoms with Gasteiger partial charge in [0.1, 0.15) is 0 Å². The Balaban J connectivity index is 1.98. The predicted octanol–water partition coefficient (Wildman–Crippen LogP) is 3.10. The van der Waals surface area contributed by atoms with Crippen LogP contribution in [0.25, 0.3) is 0 Å². The molecule has 1 aromatic carbocycles. The van der Waals surface area contributed by atoms with Crippen molar-refractivity contribution >= 4 is 21.6 Å². The summed E-state index contributed by atoms with van der Waals surface area (Å²) in [6.07, 6.45) is 5.09. The van der Waals surface area contributed by atoms with Crippen LogP contribution in [0.15, 0.2) is 29.2 Å². The Kier molecular flexibility index (Phi) is 4.89. The number of Topliss-reactive ketones (excluding diaryl/α,β-unsaturated/α-hetero) is 1. The van der Waals surface area contributed by atoms with E-state index in [-0.39, 0.29) is 28.2 Å². The molecule has 0 aliphatic heterocycles. The number of rotatable bonds is 5. The molecule has 1 heterocycles. The molecule has 25 heavy (non-hydrogen) atoms. The molecule has 0 bridgehead atoms. The van der Waals surface area contributed by atoms with Gasteiger partial charge in [-0.05, 0) is 31.9 Å². The first kappa shape index (κ1) is 17.6. The quantitative estimate of drug-likeness (QED) is 0.825. The summed E-state index contributed by atoms with van der Waals surface area (Å²) in [7, 11) is -3.82. The van der Waals surface area contributed by atoms with Crippen molar-refractivity contribution in [2.45, 2.75) is 56.9 Å². The van der Waals surface area contributed by atoms with Crippen LogP contribution in [-0.4, -0.2) is 29.2 Å². The number of nitrogens with zero attached hydrogens (tertiary/aromatic N) is 3. The zero-order valence-corrected chi connectivity index (χ0v) is 15.2. The Labute approximate surface area is 147 Å². The zero-order valence-electron chi connectivity index (χ0n) is 14.4. The van der Waals surface area contributed by atoms with Gasteiger partial charge in [0.05, 0.1) is 10.9 Å². The van der Waals surface area contributed by atoms with Crippen molar-refractivity contribution in [3.8, 4) is 0 Å². The third-order valence-electron chi connectivity index (χ3n) is 4.51. The number of benzene rings is 1. The zero-order chi connectivity index (χ0) is 18.0. The highest BCUT2D eigenvalue weighted by Crippen LogP contribution is 2.31. The molecule has 0 saturated heterocycles. The third kappa shape index (κ3) is 3.73. The molecule has 1 fully saturated rings.